The first-order valence-corrected chi connectivity index (χ1v) is 9.95. The number of carbonyl (C=O) groups is 2. The van der Waals surface area contributed by atoms with Gasteiger partial charge in [0.15, 0.2) is 9.84 Å². The highest BCUT2D eigenvalue weighted by molar-refractivity contribution is 8.13. The first-order valence-electron chi connectivity index (χ1n) is 7.12. The summed E-state index contributed by atoms with van der Waals surface area (Å²) >= 11 is 1.07. The van der Waals surface area contributed by atoms with Crippen molar-refractivity contribution >= 4 is 33.4 Å². The Morgan fingerprint density at radius 3 is 2.04 bits per heavy atom. The van der Waals surface area contributed by atoms with Crippen LogP contribution in [0.1, 0.15) is 26.3 Å². The second kappa shape index (κ2) is 7.97. The first-order chi connectivity index (χ1) is 10.6. The standard InChI is InChI=1S/C16H22O5S2/c1-10-6-8-14(9-7-10)23(19,20)16(22-5)15(11(2)17)12(3)21-13(4)18/h6-9,12,15-16H,1-5H3/t12-,15+,16?/m1/s1. The lowest BCUT2D eigenvalue weighted by Crippen LogP contribution is -2.40. The van der Waals surface area contributed by atoms with Gasteiger partial charge in [0, 0.05) is 6.92 Å². The van der Waals surface area contributed by atoms with E-state index in [1.165, 1.54) is 26.0 Å². The Bertz CT molecular complexity index is 664. The molecule has 0 radical (unpaired) electrons. The van der Waals surface area contributed by atoms with Crippen molar-refractivity contribution in [2.75, 3.05) is 6.26 Å². The Labute approximate surface area is 141 Å². The molecule has 0 saturated carbocycles. The highest BCUT2D eigenvalue weighted by Crippen LogP contribution is 2.32. The van der Waals surface area contributed by atoms with Crippen molar-refractivity contribution in [1.29, 1.82) is 0 Å². The summed E-state index contributed by atoms with van der Waals surface area (Å²) in [4.78, 5) is 23.3. The third-order valence-corrected chi connectivity index (χ3v) is 7.44. The predicted molar refractivity (Wildman–Crippen MR) is 91.1 cm³/mol. The number of thioether (sulfide) groups is 1. The molecule has 0 N–H and O–H groups in total. The molecule has 0 amide bonds. The van der Waals surface area contributed by atoms with E-state index in [9.17, 15) is 18.0 Å². The first kappa shape index (κ1) is 19.7. The van der Waals surface area contributed by atoms with Crippen LogP contribution in [0.2, 0.25) is 0 Å². The largest absolute Gasteiger partial charge is 0.462 e. The quantitative estimate of drug-likeness (QED) is 0.697. The fraction of sp³-hybridized carbons (Fsp3) is 0.500. The Morgan fingerprint density at radius 1 is 1.13 bits per heavy atom. The van der Waals surface area contributed by atoms with E-state index in [2.05, 4.69) is 0 Å². The average Bonchev–Trinajstić information content (AvgIpc) is 2.43. The highest BCUT2D eigenvalue weighted by atomic mass is 32.3. The minimum Gasteiger partial charge on any atom is -0.462 e. The van der Waals surface area contributed by atoms with Crippen molar-refractivity contribution < 1.29 is 22.7 Å². The van der Waals surface area contributed by atoms with Crippen LogP contribution in [0.5, 0.6) is 0 Å². The maximum absolute atomic E-state index is 12.9. The van der Waals surface area contributed by atoms with Gasteiger partial charge in [0.05, 0.1) is 10.8 Å². The number of Topliss-reactive ketones (excluding diaryl/α,β-unsaturated/α-hetero) is 1. The molecule has 0 heterocycles. The van der Waals surface area contributed by atoms with Gasteiger partial charge in [-0.2, -0.15) is 0 Å². The summed E-state index contributed by atoms with van der Waals surface area (Å²) in [5.74, 6) is -1.80. The van der Waals surface area contributed by atoms with E-state index in [1.807, 2.05) is 6.92 Å². The van der Waals surface area contributed by atoms with E-state index < -0.39 is 32.4 Å². The summed E-state index contributed by atoms with van der Waals surface area (Å²) < 4.78 is 29.8. The van der Waals surface area contributed by atoms with Crippen LogP contribution >= 0.6 is 11.8 Å². The van der Waals surface area contributed by atoms with E-state index in [4.69, 9.17) is 4.74 Å². The van der Waals surface area contributed by atoms with Crippen molar-refractivity contribution in [2.24, 2.45) is 5.92 Å². The summed E-state index contributed by atoms with van der Waals surface area (Å²) in [6.45, 7) is 5.96. The third kappa shape index (κ3) is 4.81. The molecule has 1 unspecified atom stereocenters. The minimum absolute atomic E-state index is 0.156. The summed E-state index contributed by atoms with van der Waals surface area (Å²) in [6, 6.07) is 6.48. The fourth-order valence-corrected chi connectivity index (χ4v) is 6.04. The zero-order chi connectivity index (χ0) is 17.8. The van der Waals surface area contributed by atoms with E-state index in [0.717, 1.165) is 17.3 Å². The molecule has 0 aliphatic heterocycles. The monoisotopic (exact) mass is 358 g/mol. The van der Waals surface area contributed by atoms with Crippen LogP contribution in [0, 0.1) is 12.8 Å². The van der Waals surface area contributed by atoms with Gasteiger partial charge in [-0.1, -0.05) is 17.7 Å². The van der Waals surface area contributed by atoms with Gasteiger partial charge in [-0.3, -0.25) is 9.59 Å². The Morgan fingerprint density at radius 2 is 1.65 bits per heavy atom. The summed E-state index contributed by atoms with van der Waals surface area (Å²) in [6.07, 6.45) is 0.815. The van der Waals surface area contributed by atoms with E-state index in [1.54, 1.807) is 25.3 Å². The van der Waals surface area contributed by atoms with Gasteiger partial charge in [-0.25, -0.2) is 8.42 Å². The number of sulfone groups is 1. The number of ether oxygens (including phenoxy) is 1. The Balaban J connectivity index is 3.28. The SMILES string of the molecule is CSC([C@@H](C(C)=O)[C@@H](C)OC(C)=O)S(=O)(=O)c1ccc(C)cc1. The normalized spacial score (nSPS) is 15.5. The van der Waals surface area contributed by atoms with Gasteiger partial charge in [0.1, 0.15) is 16.5 Å². The molecule has 0 aromatic heterocycles. The number of benzene rings is 1. The number of hydrogen-bond acceptors (Lipinski definition) is 6. The predicted octanol–water partition coefficient (Wildman–Crippen LogP) is 2.61. The molecule has 0 fully saturated rings. The smallest absolute Gasteiger partial charge is 0.302 e. The van der Waals surface area contributed by atoms with Crippen molar-refractivity contribution in [3.8, 4) is 0 Å². The van der Waals surface area contributed by atoms with Gasteiger partial charge in [0.2, 0.25) is 0 Å². The van der Waals surface area contributed by atoms with Gasteiger partial charge in [-0.05, 0) is 39.2 Å². The zero-order valence-corrected chi connectivity index (χ0v) is 15.5. The van der Waals surface area contributed by atoms with Crippen molar-refractivity contribution in [1.82, 2.24) is 0 Å². The summed E-state index contributed by atoms with van der Waals surface area (Å²) in [7, 11) is -3.74. The third-order valence-electron chi connectivity index (χ3n) is 3.51. The van der Waals surface area contributed by atoms with Crippen LogP contribution in [0.3, 0.4) is 0 Å². The van der Waals surface area contributed by atoms with Crippen molar-refractivity contribution in [3.05, 3.63) is 29.8 Å². The van der Waals surface area contributed by atoms with Crippen LogP contribution < -0.4 is 0 Å². The molecule has 0 aliphatic carbocycles. The average molecular weight is 358 g/mol. The molecule has 128 valence electrons. The van der Waals surface area contributed by atoms with Gasteiger partial charge in [0.25, 0.3) is 0 Å². The molecule has 0 aliphatic rings. The maximum atomic E-state index is 12.9. The zero-order valence-electron chi connectivity index (χ0n) is 13.9. The second-order valence-corrected chi connectivity index (χ2v) is 8.76. The Kier molecular flexibility index (Phi) is 6.83. The molecular formula is C16H22O5S2. The Hall–Kier alpha value is -1.34. The molecule has 5 nitrogen and oxygen atoms in total. The number of esters is 1. The lowest BCUT2D eigenvalue weighted by atomic mass is 10.0. The lowest BCUT2D eigenvalue weighted by Gasteiger charge is -2.28. The maximum Gasteiger partial charge on any atom is 0.302 e. The van der Waals surface area contributed by atoms with Gasteiger partial charge >= 0.3 is 5.97 Å². The van der Waals surface area contributed by atoms with Gasteiger partial charge < -0.3 is 4.74 Å². The topological polar surface area (TPSA) is 77.5 Å². The van der Waals surface area contributed by atoms with E-state index in [0.29, 0.717) is 0 Å². The van der Waals surface area contributed by atoms with Crippen molar-refractivity contribution in [3.63, 3.8) is 0 Å². The summed E-state index contributed by atoms with van der Waals surface area (Å²) in [5, 5.41) is 0. The molecule has 1 rings (SSSR count). The molecule has 7 heteroatoms. The van der Waals surface area contributed by atoms with E-state index >= 15 is 0 Å². The molecular weight excluding hydrogens is 336 g/mol. The second-order valence-electron chi connectivity index (χ2n) is 5.41. The molecule has 0 spiro atoms. The van der Waals surface area contributed by atoms with Crippen LogP contribution in [0.25, 0.3) is 0 Å². The molecule has 3 atom stereocenters. The lowest BCUT2D eigenvalue weighted by molar-refractivity contribution is -0.149. The number of rotatable bonds is 7. The fourth-order valence-electron chi connectivity index (χ4n) is 2.41. The summed E-state index contributed by atoms with van der Waals surface area (Å²) in [5.41, 5.74) is 0.945. The van der Waals surface area contributed by atoms with Crippen LogP contribution in [-0.2, 0) is 24.2 Å². The molecule has 0 bridgehead atoms. The highest BCUT2D eigenvalue weighted by Gasteiger charge is 2.41. The van der Waals surface area contributed by atoms with Crippen LogP contribution in [0.4, 0.5) is 0 Å². The molecule has 0 saturated heterocycles. The van der Waals surface area contributed by atoms with Crippen molar-refractivity contribution in [2.45, 2.75) is 43.3 Å². The number of ketones is 1. The molecule has 23 heavy (non-hydrogen) atoms. The van der Waals surface area contributed by atoms with Crippen LogP contribution in [-0.4, -0.2) is 37.1 Å². The molecule has 1 aromatic carbocycles. The van der Waals surface area contributed by atoms with Gasteiger partial charge in [-0.15, -0.1) is 11.8 Å². The van der Waals surface area contributed by atoms with E-state index in [-0.39, 0.29) is 10.7 Å². The number of carbonyl (C=O) groups excluding carboxylic acids is 2. The number of hydrogen-bond donors (Lipinski definition) is 0. The molecule has 1 aromatic rings. The minimum atomic E-state index is -3.74. The number of aryl methyl sites for hydroxylation is 1. The van der Waals surface area contributed by atoms with Crippen LogP contribution in [0.15, 0.2) is 29.2 Å².